The Morgan fingerprint density at radius 3 is 3.04 bits per heavy atom. The maximum absolute atomic E-state index is 13.1. The molecule has 2 unspecified atom stereocenters. The lowest BCUT2D eigenvalue weighted by molar-refractivity contribution is -0.137. The monoisotopic (exact) mass is 341 g/mol. The lowest BCUT2D eigenvalue weighted by Gasteiger charge is -2.31. The number of likely N-dealkylation sites (tertiary alicyclic amines) is 1. The third-order valence-electron chi connectivity index (χ3n) is 5.17. The molecule has 0 radical (unpaired) electrons. The second-order valence-electron chi connectivity index (χ2n) is 6.80. The molecule has 2 aromatic rings. The average Bonchev–Trinajstić information content (AvgIpc) is 3.28. The van der Waals surface area contributed by atoms with Crippen LogP contribution in [0, 0.1) is 5.92 Å². The van der Waals surface area contributed by atoms with E-state index in [4.69, 9.17) is 9.47 Å². The molecule has 2 atom stereocenters. The topological polar surface area (TPSA) is 56.6 Å². The lowest BCUT2D eigenvalue weighted by Crippen LogP contribution is -2.40. The minimum absolute atomic E-state index is 0.132. The molecule has 0 bridgehead atoms. The SMILES string of the molecule is COc1cccc2c1OCC(C(=O)N1CCCC1c1cnn(C)c1)C2. The maximum Gasteiger partial charge on any atom is 0.229 e. The summed E-state index contributed by atoms with van der Waals surface area (Å²) in [6.07, 6.45) is 6.60. The van der Waals surface area contributed by atoms with Crippen molar-refractivity contribution in [1.29, 1.82) is 0 Å². The number of amides is 1. The number of benzene rings is 1. The highest BCUT2D eigenvalue weighted by Crippen LogP contribution is 2.38. The van der Waals surface area contributed by atoms with E-state index in [1.807, 2.05) is 42.5 Å². The number of rotatable bonds is 3. The van der Waals surface area contributed by atoms with Crippen LogP contribution in [-0.2, 0) is 18.3 Å². The highest BCUT2D eigenvalue weighted by atomic mass is 16.5. The average molecular weight is 341 g/mol. The minimum Gasteiger partial charge on any atom is -0.493 e. The van der Waals surface area contributed by atoms with Crippen molar-refractivity contribution in [2.45, 2.75) is 25.3 Å². The second kappa shape index (κ2) is 6.43. The number of fused-ring (bicyclic) bond motifs is 1. The Hall–Kier alpha value is -2.50. The largest absolute Gasteiger partial charge is 0.493 e. The zero-order valence-corrected chi connectivity index (χ0v) is 14.6. The van der Waals surface area contributed by atoms with Crippen LogP contribution in [0.3, 0.4) is 0 Å². The molecular weight excluding hydrogens is 318 g/mol. The fourth-order valence-corrected chi connectivity index (χ4v) is 3.94. The van der Waals surface area contributed by atoms with E-state index in [1.165, 1.54) is 0 Å². The van der Waals surface area contributed by atoms with Gasteiger partial charge in [-0.2, -0.15) is 5.10 Å². The van der Waals surface area contributed by atoms with Crippen molar-refractivity contribution < 1.29 is 14.3 Å². The summed E-state index contributed by atoms with van der Waals surface area (Å²) >= 11 is 0. The summed E-state index contributed by atoms with van der Waals surface area (Å²) < 4.78 is 13.0. The van der Waals surface area contributed by atoms with E-state index in [9.17, 15) is 4.79 Å². The number of hydrogen-bond acceptors (Lipinski definition) is 4. The Kier molecular flexibility index (Phi) is 4.11. The fraction of sp³-hybridized carbons (Fsp3) is 0.474. The Balaban J connectivity index is 1.53. The fourth-order valence-electron chi connectivity index (χ4n) is 3.94. The first-order valence-corrected chi connectivity index (χ1v) is 8.75. The van der Waals surface area contributed by atoms with Crippen molar-refractivity contribution in [1.82, 2.24) is 14.7 Å². The van der Waals surface area contributed by atoms with E-state index < -0.39 is 0 Å². The summed E-state index contributed by atoms with van der Waals surface area (Å²) in [5, 5.41) is 4.26. The second-order valence-corrected chi connectivity index (χ2v) is 6.80. The Morgan fingerprint density at radius 1 is 1.40 bits per heavy atom. The number of carbonyl (C=O) groups excluding carboxylic acids is 1. The van der Waals surface area contributed by atoms with Crippen molar-refractivity contribution in [2.24, 2.45) is 13.0 Å². The third kappa shape index (κ3) is 2.86. The van der Waals surface area contributed by atoms with Crippen LogP contribution in [0.1, 0.15) is 30.0 Å². The van der Waals surface area contributed by atoms with Gasteiger partial charge in [0.25, 0.3) is 0 Å². The van der Waals surface area contributed by atoms with Gasteiger partial charge in [-0.15, -0.1) is 0 Å². The van der Waals surface area contributed by atoms with Crippen molar-refractivity contribution in [3.63, 3.8) is 0 Å². The number of carbonyl (C=O) groups is 1. The number of aromatic nitrogens is 2. The van der Waals surface area contributed by atoms with Gasteiger partial charge in [0, 0.05) is 25.4 Å². The molecule has 2 aliphatic heterocycles. The summed E-state index contributed by atoms with van der Waals surface area (Å²) in [4.78, 5) is 15.2. The summed E-state index contributed by atoms with van der Waals surface area (Å²) in [6, 6.07) is 5.98. The predicted molar refractivity (Wildman–Crippen MR) is 92.6 cm³/mol. The molecule has 25 heavy (non-hydrogen) atoms. The number of methoxy groups -OCH3 is 1. The van der Waals surface area contributed by atoms with Gasteiger partial charge in [0.2, 0.25) is 5.91 Å². The van der Waals surface area contributed by atoms with Crippen LogP contribution in [0.15, 0.2) is 30.6 Å². The van der Waals surface area contributed by atoms with Gasteiger partial charge in [-0.1, -0.05) is 12.1 Å². The Bertz CT molecular complexity index is 786. The van der Waals surface area contributed by atoms with Gasteiger partial charge in [0.1, 0.15) is 6.61 Å². The molecule has 1 fully saturated rings. The van der Waals surface area contributed by atoms with Crippen LogP contribution in [0.4, 0.5) is 0 Å². The molecule has 0 N–H and O–H groups in total. The van der Waals surface area contributed by atoms with Gasteiger partial charge in [-0.05, 0) is 30.9 Å². The number of ether oxygens (including phenoxy) is 2. The molecular formula is C19H23N3O3. The first kappa shape index (κ1) is 16.0. The maximum atomic E-state index is 13.1. The zero-order chi connectivity index (χ0) is 17.4. The van der Waals surface area contributed by atoms with E-state index in [2.05, 4.69) is 5.10 Å². The number of para-hydroxylation sites is 1. The minimum atomic E-state index is -0.142. The van der Waals surface area contributed by atoms with E-state index in [-0.39, 0.29) is 17.9 Å². The number of hydrogen-bond donors (Lipinski definition) is 0. The van der Waals surface area contributed by atoms with Gasteiger partial charge < -0.3 is 14.4 Å². The molecule has 132 valence electrons. The first-order valence-electron chi connectivity index (χ1n) is 8.75. The van der Waals surface area contributed by atoms with Crippen molar-refractivity contribution in [3.05, 3.63) is 41.7 Å². The molecule has 6 heteroatoms. The Labute approximate surface area is 147 Å². The lowest BCUT2D eigenvalue weighted by atomic mass is 9.94. The van der Waals surface area contributed by atoms with Crippen molar-refractivity contribution >= 4 is 5.91 Å². The van der Waals surface area contributed by atoms with Crippen molar-refractivity contribution in [3.8, 4) is 11.5 Å². The number of aryl methyl sites for hydroxylation is 1. The van der Waals surface area contributed by atoms with Crippen LogP contribution >= 0.6 is 0 Å². The van der Waals surface area contributed by atoms with Crippen LogP contribution in [0.5, 0.6) is 11.5 Å². The van der Waals surface area contributed by atoms with Gasteiger partial charge in [0.15, 0.2) is 11.5 Å². The molecule has 0 spiro atoms. The standard InChI is InChI=1S/C19H23N3O3/c1-21-11-15(10-20-21)16-6-4-8-22(16)19(23)14-9-13-5-3-7-17(24-2)18(13)25-12-14/h3,5,7,10-11,14,16H,4,6,8-9,12H2,1-2H3. The number of nitrogens with zero attached hydrogens (tertiary/aromatic N) is 3. The molecule has 1 saturated heterocycles. The quantitative estimate of drug-likeness (QED) is 0.860. The molecule has 1 aromatic heterocycles. The highest BCUT2D eigenvalue weighted by Gasteiger charge is 2.37. The Morgan fingerprint density at radius 2 is 2.28 bits per heavy atom. The third-order valence-corrected chi connectivity index (χ3v) is 5.17. The summed E-state index contributed by atoms with van der Waals surface area (Å²) in [7, 11) is 3.54. The first-order chi connectivity index (χ1) is 12.2. The molecule has 0 saturated carbocycles. The zero-order valence-electron chi connectivity index (χ0n) is 14.6. The molecule has 3 heterocycles. The van der Waals surface area contributed by atoms with Gasteiger partial charge in [-0.25, -0.2) is 0 Å². The van der Waals surface area contributed by atoms with Gasteiger partial charge in [0.05, 0.1) is 25.3 Å². The summed E-state index contributed by atoms with van der Waals surface area (Å²) in [5.74, 6) is 1.55. The molecule has 1 aromatic carbocycles. The molecule has 2 aliphatic rings. The van der Waals surface area contributed by atoms with Crippen LogP contribution < -0.4 is 9.47 Å². The van der Waals surface area contributed by atoms with Gasteiger partial charge in [-0.3, -0.25) is 9.48 Å². The van der Waals surface area contributed by atoms with E-state index in [0.29, 0.717) is 13.0 Å². The molecule has 0 aliphatic carbocycles. The molecule has 6 nitrogen and oxygen atoms in total. The highest BCUT2D eigenvalue weighted by molar-refractivity contribution is 5.80. The van der Waals surface area contributed by atoms with Crippen LogP contribution in [0.2, 0.25) is 0 Å². The van der Waals surface area contributed by atoms with Gasteiger partial charge >= 0.3 is 0 Å². The predicted octanol–water partition coefficient (Wildman–Crippen LogP) is 2.34. The van der Waals surface area contributed by atoms with E-state index in [1.54, 1.807) is 11.8 Å². The van der Waals surface area contributed by atoms with Crippen LogP contribution in [0.25, 0.3) is 0 Å². The van der Waals surface area contributed by atoms with E-state index in [0.717, 1.165) is 42.0 Å². The van der Waals surface area contributed by atoms with E-state index >= 15 is 0 Å². The molecule has 4 rings (SSSR count). The smallest absolute Gasteiger partial charge is 0.229 e. The summed E-state index contributed by atoms with van der Waals surface area (Å²) in [6.45, 7) is 1.21. The van der Waals surface area contributed by atoms with Crippen LogP contribution in [-0.4, -0.2) is 40.8 Å². The summed E-state index contributed by atoms with van der Waals surface area (Å²) in [5.41, 5.74) is 2.16. The molecule has 1 amide bonds. The van der Waals surface area contributed by atoms with Crippen molar-refractivity contribution in [2.75, 3.05) is 20.3 Å². The normalized spacial score (nSPS) is 22.4.